The molecule has 0 saturated carbocycles. The summed E-state index contributed by atoms with van der Waals surface area (Å²) in [5.74, 6) is -2.10. The maximum absolute atomic E-state index is 12.2. The van der Waals surface area contributed by atoms with Crippen molar-refractivity contribution in [2.45, 2.75) is 0 Å². The van der Waals surface area contributed by atoms with Crippen molar-refractivity contribution in [1.82, 2.24) is 5.01 Å². The minimum Gasteiger partial charge on any atom is -0.504 e. The van der Waals surface area contributed by atoms with Crippen LogP contribution in [0, 0.1) is 0 Å². The van der Waals surface area contributed by atoms with E-state index in [2.05, 4.69) is 5.10 Å². The highest BCUT2D eigenvalue weighted by Crippen LogP contribution is 2.36. The van der Waals surface area contributed by atoms with Gasteiger partial charge in [-0.3, -0.25) is 4.79 Å². The Morgan fingerprint density at radius 1 is 1.09 bits per heavy atom. The van der Waals surface area contributed by atoms with E-state index in [1.54, 1.807) is 0 Å². The SMILES string of the molecule is CN(/N=C\c1ccc(O)c(O)c1O)C(=O)c1ccc(Cl)c(Cl)c1. The van der Waals surface area contributed by atoms with Gasteiger partial charge in [-0.1, -0.05) is 23.2 Å². The molecule has 0 aliphatic rings. The van der Waals surface area contributed by atoms with Crippen LogP contribution in [0.4, 0.5) is 0 Å². The highest BCUT2D eigenvalue weighted by atomic mass is 35.5. The molecule has 0 heterocycles. The number of carbonyl (C=O) groups excluding carboxylic acids is 1. The molecule has 0 spiro atoms. The Morgan fingerprint density at radius 2 is 1.78 bits per heavy atom. The lowest BCUT2D eigenvalue weighted by molar-refractivity contribution is 0.0800. The fourth-order valence-corrected chi connectivity index (χ4v) is 2.00. The summed E-state index contributed by atoms with van der Waals surface area (Å²) in [4.78, 5) is 12.2. The van der Waals surface area contributed by atoms with Crippen LogP contribution in [-0.2, 0) is 0 Å². The number of phenols is 3. The van der Waals surface area contributed by atoms with E-state index in [-0.39, 0.29) is 16.1 Å². The second kappa shape index (κ2) is 6.76. The Labute approximate surface area is 141 Å². The zero-order valence-corrected chi connectivity index (χ0v) is 13.4. The molecule has 0 bridgehead atoms. The molecule has 0 saturated heterocycles. The summed E-state index contributed by atoms with van der Waals surface area (Å²) < 4.78 is 0. The van der Waals surface area contributed by atoms with Gasteiger partial charge >= 0.3 is 0 Å². The number of hydrogen-bond acceptors (Lipinski definition) is 5. The van der Waals surface area contributed by atoms with Crippen molar-refractivity contribution in [3.63, 3.8) is 0 Å². The molecule has 3 N–H and O–H groups in total. The average Bonchev–Trinajstić information content (AvgIpc) is 2.53. The van der Waals surface area contributed by atoms with Crippen LogP contribution in [-0.4, -0.2) is 39.5 Å². The van der Waals surface area contributed by atoms with Crippen LogP contribution in [0.1, 0.15) is 15.9 Å². The highest BCUT2D eigenvalue weighted by molar-refractivity contribution is 6.42. The molecule has 6 nitrogen and oxygen atoms in total. The fourth-order valence-electron chi connectivity index (χ4n) is 1.71. The summed E-state index contributed by atoms with van der Waals surface area (Å²) >= 11 is 11.7. The summed E-state index contributed by atoms with van der Waals surface area (Å²) in [7, 11) is 1.42. The standard InChI is InChI=1S/C15H12Cl2N2O4/c1-19(15(23)8-2-4-10(16)11(17)6-8)18-7-9-3-5-12(20)14(22)13(9)21/h2-7,20-22H,1H3/b18-7-. The Kier molecular flexibility index (Phi) is 4.98. The molecule has 2 aromatic rings. The summed E-state index contributed by atoms with van der Waals surface area (Å²) in [6.45, 7) is 0. The molecule has 0 unspecified atom stereocenters. The Hall–Kier alpha value is -2.44. The van der Waals surface area contributed by atoms with Gasteiger partial charge in [-0.15, -0.1) is 0 Å². The van der Waals surface area contributed by atoms with Gasteiger partial charge in [0.1, 0.15) is 0 Å². The van der Waals surface area contributed by atoms with Crippen molar-refractivity contribution in [1.29, 1.82) is 0 Å². The van der Waals surface area contributed by atoms with Crippen molar-refractivity contribution >= 4 is 35.3 Å². The molecule has 0 atom stereocenters. The van der Waals surface area contributed by atoms with Gasteiger partial charge in [-0.2, -0.15) is 5.10 Å². The average molecular weight is 355 g/mol. The van der Waals surface area contributed by atoms with Gasteiger partial charge in [-0.25, -0.2) is 5.01 Å². The van der Waals surface area contributed by atoms with Crippen molar-refractivity contribution in [3.05, 3.63) is 51.5 Å². The van der Waals surface area contributed by atoms with Crippen LogP contribution < -0.4 is 0 Å². The molecule has 0 radical (unpaired) electrons. The molecule has 120 valence electrons. The maximum Gasteiger partial charge on any atom is 0.273 e. The number of benzene rings is 2. The number of hydrazone groups is 1. The van der Waals surface area contributed by atoms with Crippen molar-refractivity contribution in [2.24, 2.45) is 5.10 Å². The third-order valence-corrected chi connectivity index (χ3v) is 3.73. The van der Waals surface area contributed by atoms with E-state index in [0.29, 0.717) is 5.02 Å². The molecule has 0 aliphatic carbocycles. The van der Waals surface area contributed by atoms with Crippen molar-refractivity contribution in [3.8, 4) is 17.2 Å². The van der Waals surface area contributed by atoms with E-state index >= 15 is 0 Å². The summed E-state index contributed by atoms with van der Waals surface area (Å²) in [5.41, 5.74) is 0.422. The third-order valence-electron chi connectivity index (χ3n) is 2.99. The number of amides is 1. The zero-order valence-electron chi connectivity index (χ0n) is 11.9. The Balaban J connectivity index is 2.21. The quantitative estimate of drug-likeness (QED) is 0.448. The molecule has 0 aromatic heterocycles. The number of carbonyl (C=O) groups is 1. The summed E-state index contributed by atoms with van der Waals surface area (Å²) in [5, 5.41) is 33.8. The molecule has 0 aliphatic heterocycles. The fraction of sp³-hybridized carbons (Fsp3) is 0.0667. The van der Waals surface area contributed by atoms with Crippen molar-refractivity contribution in [2.75, 3.05) is 7.05 Å². The van der Waals surface area contributed by atoms with Crippen LogP contribution in [0.25, 0.3) is 0 Å². The van der Waals surface area contributed by atoms with Gasteiger partial charge in [-0.05, 0) is 30.3 Å². The maximum atomic E-state index is 12.2. The third kappa shape index (κ3) is 3.67. The minimum absolute atomic E-state index is 0.133. The number of rotatable bonds is 3. The zero-order chi connectivity index (χ0) is 17.1. The van der Waals surface area contributed by atoms with Gasteiger partial charge < -0.3 is 15.3 Å². The van der Waals surface area contributed by atoms with Gasteiger partial charge in [0, 0.05) is 18.2 Å². The molecule has 1 amide bonds. The predicted octanol–water partition coefficient (Wildman–Crippen LogP) is 3.22. The van der Waals surface area contributed by atoms with Gasteiger partial charge in [0.25, 0.3) is 5.91 Å². The predicted molar refractivity (Wildman–Crippen MR) is 87.6 cm³/mol. The van der Waals surface area contributed by atoms with Gasteiger partial charge in [0.2, 0.25) is 5.75 Å². The first kappa shape index (κ1) is 16.9. The van der Waals surface area contributed by atoms with E-state index in [9.17, 15) is 20.1 Å². The van der Waals surface area contributed by atoms with E-state index in [4.69, 9.17) is 23.2 Å². The van der Waals surface area contributed by atoms with Crippen LogP contribution in [0.5, 0.6) is 17.2 Å². The van der Waals surface area contributed by atoms with Gasteiger partial charge in [0.15, 0.2) is 11.5 Å². The second-order valence-electron chi connectivity index (χ2n) is 4.57. The smallest absolute Gasteiger partial charge is 0.273 e. The normalized spacial score (nSPS) is 10.9. The molecule has 0 fully saturated rings. The Morgan fingerprint density at radius 3 is 2.43 bits per heavy atom. The molecule has 8 heteroatoms. The number of phenolic OH excluding ortho intramolecular Hbond substituents is 3. The summed E-state index contributed by atoms with van der Waals surface area (Å²) in [6, 6.07) is 6.95. The lowest BCUT2D eigenvalue weighted by atomic mass is 10.2. The molecule has 2 rings (SSSR count). The Bertz CT molecular complexity index is 793. The monoisotopic (exact) mass is 354 g/mol. The van der Waals surface area contributed by atoms with Crippen LogP contribution >= 0.6 is 23.2 Å². The molecular formula is C15H12Cl2N2O4. The van der Waals surface area contributed by atoms with E-state index in [1.165, 1.54) is 43.6 Å². The first-order chi connectivity index (χ1) is 10.8. The lowest BCUT2D eigenvalue weighted by Crippen LogP contribution is -2.21. The van der Waals surface area contributed by atoms with E-state index in [0.717, 1.165) is 5.01 Å². The first-order valence-corrected chi connectivity index (χ1v) is 7.08. The molecule has 23 heavy (non-hydrogen) atoms. The lowest BCUT2D eigenvalue weighted by Gasteiger charge is -2.11. The van der Waals surface area contributed by atoms with Crippen LogP contribution in [0.3, 0.4) is 0 Å². The largest absolute Gasteiger partial charge is 0.504 e. The summed E-state index contributed by atoms with van der Waals surface area (Å²) in [6.07, 6.45) is 1.17. The molecular weight excluding hydrogens is 343 g/mol. The van der Waals surface area contributed by atoms with Crippen LogP contribution in [0.15, 0.2) is 35.4 Å². The highest BCUT2D eigenvalue weighted by Gasteiger charge is 2.13. The number of nitrogens with zero attached hydrogens (tertiary/aromatic N) is 2. The van der Waals surface area contributed by atoms with Gasteiger partial charge in [0.05, 0.1) is 16.3 Å². The number of aromatic hydroxyl groups is 3. The first-order valence-electron chi connectivity index (χ1n) is 6.32. The number of hydrogen-bond donors (Lipinski definition) is 3. The van der Waals surface area contributed by atoms with Crippen LogP contribution in [0.2, 0.25) is 10.0 Å². The topological polar surface area (TPSA) is 93.4 Å². The van der Waals surface area contributed by atoms with E-state index < -0.39 is 23.2 Å². The number of halogens is 2. The van der Waals surface area contributed by atoms with Crippen molar-refractivity contribution < 1.29 is 20.1 Å². The van der Waals surface area contributed by atoms with E-state index in [1.807, 2.05) is 0 Å². The molecule has 2 aromatic carbocycles. The second-order valence-corrected chi connectivity index (χ2v) is 5.39. The minimum atomic E-state index is -0.660.